The fourth-order valence-electron chi connectivity index (χ4n) is 5.47. The molecular formula is C28H35F3N4O2. The van der Waals surface area contributed by atoms with Gasteiger partial charge >= 0.3 is 6.18 Å². The second kappa shape index (κ2) is 10.8. The molecular weight excluding hydrogens is 481 g/mol. The molecule has 1 saturated carbocycles. The molecule has 1 aliphatic heterocycles. The number of pyridine rings is 1. The Bertz CT molecular complexity index is 1120. The Balaban J connectivity index is 1.63. The number of rotatable bonds is 6. The molecule has 9 heteroatoms. The molecule has 0 radical (unpaired) electrons. The van der Waals surface area contributed by atoms with Gasteiger partial charge in [-0.25, -0.2) is 0 Å². The van der Waals surface area contributed by atoms with Crippen LogP contribution in [0.5, 0.6) is 0 Å². The fourth-order valence-corrected chi connectivity index (χ4v) is 5.47. The molecule has 0 spiro atoms. The number of alkyl halides is 3. The molecule has 4 rings (SSSR count). The lowest BCUT2D eigenvalue weighted by atomic mass is 9.82. The van der Waals surface area contributed by atoms with Crippen LogP contribution < -0.4 is 11.1 Å². The highest BCUT2D eigenvalue weighted by Gasteiger charge is 2.40. The second-order valence-electron chi connectivity index (χ2n) is 10.8. The number of benzene rings is 1. The van der Waals surface area contributed by atoms with Crippen molar-refractivity contribution in [3.8, 4) is 11.1 Å². The molecule has 1 aliphatic carbocycles. The van der Waals surface area contributed by atoms with Crippen molar-refractivity contribution in [3.05, 3.63) is 53.9 Å². The number of halogens is 3. The minimum Gasteiger partial charge on any atom is -0.342 e. The first-order valence-corrected chi connectivity index (χ1v) is 13.0. The summed E-state index contributed by atoms with van der Waals surface area (Å²) >= 11 is 0. The standard InChI is InChI=1S/C28H35F3N4O2/c1-27(2,32)26(37)34-24(18-9-4-3-5-10-18)25(36)35-16-8-13-23(35)22-17-19(14-15-33-22)20-11-6-7-12-21(20)28(29,30)31/h6-7,11-12,14-15,17-18,23-24H,3-5,8-10,13,16,32H2,1-2H3,(H,34,37). The topological polar surface area (TPSA) is 88.3 Å². The number of likely N-dealkylation sites (tertiary alicyclic amines) is 1. The van der Waals surface area contributed by atoms with Gasteiger partial charge in [-0.2, -0.15) is 13.2 Å². The van der Waals surface area contributed by atoms with Crippen LogP contribution in [0.25, 0.3) is 11.1 Å². The minimum atomic E-state index is -4.49. The number of aromatic nitrogens is 1. The van der Waals surface area contributed by atoms with Gasteiger partial charge in [0.15, 0.2) is 0 Å². The highest BCUT2D eigenvalue weighted by Crippen LogP contribution is 2.39. The third-order valence-corrected chi connectivity index (χ3v) is 7.46. The van der Waals surface area contributed by atoms with Crippen molar-refractivity contribution in [2.24, 2.45) is 11.7 Å². The number of nitrogens with two attached hydrogens (primary N) is 1. The van der Waals surface area contributed by atoms with Gasteiger partial charge in [0, 0.05) is 12.7 Å². The Morgan fingerprint density at radius 3 is 2.43 bits per heavy atom. The predicted molar refractivity (Wildman–Crippen MR) is 135 cm³/mol. The predicted octanol–water partition coefficient (Wildman–Crippen LogP) is 5.23. The molecule has 2 amide bonds. The van der Waals surface area contributed by atoms with Crippen molar-refractivity contribution >= 4 is 11.8 Å². The summed E-state index contributed by atoms with van der Waals surface area (Å²) in [4.78, 5) is 32.9. The molecule has 2 fully saturated rings. The van der Waals surface area contributed by atoms with Crippen LogP contribution in [-0.4, -0.2) is 39.8 Å². The largest absolute Gasteiger partial charge is 0.417 e. The van der Waals surface area contributed by atoms with E-state index in [0.29, 0.717) is 24.2 Å². The summed E-state index contributed by atoms with van der Waals surface area (Å²) in [5.41, 5.74) is 5.21. The molecule has 200 valence electrons. The molecule has 6 nitrogen and oxygen atoms in total. The SMILES string of the molecule is CC(C)(N)C(=O)NC(C(=O)N1CCCC1c1cc(-c2ccccc2C(F)(F)F)ccn1)C1CCCCC1. The fraction of sp³-hybridized carbons (Fsp3) is 0.536. The summed E-state index contributed by atoms with van der Waals surface area (Å²) < 4.78 is 40.9. The first kappa shape index (κ1) is 27.1. The molecule has 1 aromatic carbocycles. The van der Waals surface area contributed by atoms with Crippen LogP contribution in [0.2, 0.25) is 0 Å². The van der Waals surface area contributed by atoms with Crippen molar-refractivity contribution < 1.29 is 22.8 Å². The molecule has 2 aliphatic rings. The molecule has 3 N–H and O–H groups in total. The number of hydrogen-bond acceptors (Lipinski definition) is 4. The Morgan fingerprint density at radius 1 is 1.05 bits per heavy atom. The highest BCUT2D eigenvalue weighted by molar-refractivity contribution is 5.92. The van der Waals surface area contributed by atoms with Gasteiger partial charge in [0.25, 0.3) is 0 Å². The average molecular weight is 517 g/mol. The third-order valence-electron chi connectivity index (χ3n) is 7.46. The number of nitrogens with zero attached hydrogens (tertiary/aromatic N) is 2. The van der Waals surface area contributed by atoms with Gasteiger partial charge in [-0.3, -0.25) is 14.6 Å². The van der Waals surface area contributed by atoms with Crippen molar-refractivity contribution in [3.63, 3.8) is 0 Å². The quantitative estimate of drug-likeness (QED) is 0.550. The summed E-state index contributed by atoms with van der Waals surface area (Å²) in [7, 11) is 0. The Labute approximate surface area is 215 Å². The monoisotopic (exact) mass is 516 g/mol. The molecule has 2 aromatic rings. The molecule has 1 aromatic heterocycles. The van der Waals surface area contributed by atoms with Crippen molar-refractivity contribution in [1.29, 1.82) is 0 Å². The Hall–Kier alpha value is -2.94. The number of carbonyl (C=O) groups is 2. The lowest BCUT2D eigenvalue weighted by Gasteiger charge is -2.36. The van der Waals surface area contributed by atoms with Crippen LogP contribution in [0, 0.1) is 5.92 Å². The van der Waals surface area contributed by atoms with Gasteiger partial charge in [-0.05, 0) is 74.8 Å². The zero-order chi connectivity index (χ0) is 26.8. The van der Waals surface area contributed by atoms with Gasteiger partial charge in [0.1, 0.15) is 6.04 Å². The van der Waals surface area contributed by atoms with E-state index < -0.39 is 23.3 Å². The van der Waals surface area contributed by atoms with Gasteiger partial charge < -0.3 is 16.0 Å². The second-order valence-corrected chi connectivity index (χ2v) is 10.8. The smallest absolute Gasteiger partial charge is 0.342 e. The zero-order valence-corrected chi connectivity index (χ0v) is 21.4. The third kappa shape index (κ3) is 6.14. The summed E-state index contributed by atoms with van der Waals surface area (Å²) in [5, 5.41) is 2.94. The molecule has 37 heavy (non-hydrogen) atoms. The lowest BCUT2D eigenvalue weighted by Crippen LogP contribution is -2.58. The molecule has 0 bridgehead atoms. The maximum absolute atomic E-state index is 13.9. The van der Waals surface area contributed by atoms with E-state index in [1.54, 1.807) is 36.9 Å². The van der Waals surface area contributed by atoms with E-state index in [1.165, 1.54) is 18.3 Å². The van der Waals surface area contributed by atoms with E-state index in [0.717, 1.165) is 44.6 Å². The Morgan fingerprint density at radius 2 is 1.76 bits per heavy atom. The zero-order valence-electron chi connectivity index (χ0n) is 21.4. The Kier molecular flexibility index (Phi) is 7.92. The van der Waals surface area contributed by atoms with Crippen LogP contribution in [0.4, 0.5) is 13.2 Å². The van der Waals surface area contributed by atoms with E-state index in [-0.39, 0.29) is 29.3 Å². The number of nitrogens with one attached hydrogen (secondary N) is 1. The minimum absolute atomic E-state index is 0.0201. The average Bonchev–Trinajstić information content (AvgIpc) is 3.36. The van der Waals surface area contributed by atoms with Crippen LogP contribution in [-0.2, 0) is 15.8 Å². The van der Waals surface area contributed by atoms with E-state index in [4.69, 9.17) is 5.73 Å². The summed E-state index contributed by atoms with van der Waals surface area (Å²) in [6.45, 7) is 3.72. The maximum atomic E-state index is 13.9. The van der Waals surface area contributed by atoms with Crippen LogP contribution in [0.3, 0.4) is 0 Å². The molecule has 2 atom stereocenters. The number of carbonyl (C=O) groups excluding carboxylic acids is 2. The molecule has 2 unspecified atom stereocenters. The van der Waals surface area contributed by atoms with Crippen molar-refractivity contribution in [1.82, 2.24) is 15.2 Å². The van der Waals surface area contributed by atoms with E-state index in [9.17, 15) is 22.8 Å². The van der Waals surface area contributed by atoms with Crippen LogP contribution in [0.15, 0.2) is 42.6 Å². The number of amides is 2. The van der Waals surface area contributed by atoms with Gasteiger partial charge in [0.05, 0.1) is 22.8 Å². The lowest BCUT2D eigenvalue weighted by molar-refractivity contribution is -0.140. The maximum Gasteiger partial charge on any atom is 0.417 e. The normalized spacial score (nSPS) is 20.1. The van der Waals surface area contributed by atoms with Crippen LogP contribution in [0.1, 0.15) is 76.1 Å². The van der Waals surface area contributed by atoms with E-state index >= 15 is 0 Å². The summed E-state index contributed by atoms with van der Waals surface area (Å²) in [5.74, 6) is -0.530. The van der Waals surface area contributed by atoms with E-state index in [1.807, 2.05) is 0 Å². The van der Waals surface area contributed by atoms with Crippen molar-refractivity contribution in [2.45, 2.75) is 82.6 Å². The van der Waals surface area contributed by atoms with E-state index in [2.05, 4.69) is 10.3 Å². The summed E-state index contributed by atoms with van der Waals surface area (Å²) in [6.07, 6.45) is 3.21. The summed E-state index contributed by atoms with van der Waals surface area (Å²) in [6, 6.07) is 7.60. The van der Waals surface area contributed by atoms with Crippen molar-refractivity contribution in [2.75, 3.05) is 6.54 Å². The first-order chi connectivity index (χ1) is 17.5. The molecule has 1 saturated heterocycles. The first-order valence-electron chi connectivity index (χ1n) is 13.0. The van der Waals surface area contributed by atoms with Gasteiger partial charge in [-0.1, -0.05) is 37.5 Å². The number of hydrogen-bond donors (Lipinski definition) is 2. The molecule has 2 heterocycles. The van der Waals surface area contributed by atoms with Gasteiger partial charge in [0.2, 0.25) is 11.8 Å². The highest BCUT2D eigenvalue weighted by atomic mass is 19.4. The van der Waals surface area contributed by atoms with Gasteiger partial charge in [-0.15, -0.1) is 0 Å². The van der Waals surface area contributed by atoms with Crippen LogP contribution >= 0.6 is 0 Å².